The molecule has 0 saturated heterocycles. The Balaban J connectivity index is 1.54. The van der Waals surface area contributed by atoms with Gasteiger partial charge in [-0.2, -0.15) is 0 Å². The van der Waals surface area contributed by atoms with Crippen molar-refractivity contribution in [2.75, 3.05) is 17.3 Å². The van der Waals surface area contributed by atoms with Crippen molar-refractivity contribution in [3.05, 3.63) is 54.4 Å². The van der Waals surface area contributed by atoms with Gasteiger partial charge in [-0.3, -0.25) is 4.79 Å². The SMILES string of the molecule is CSc1ccc(NC(=O)CSC(C)c2nc3ccccc3[nH]2)cc1. The van der Waals surface area contributed by atoms with E-state index in [0.29, 0.717) is 5.75 Å². The molecule has 4 nitrogen and oxygen atoms in total. The third-order valence-corrected chi connectivity index (χ3v) is 5.53. The maximum absolute atomic E-state index is 12.1. The zero-order valence-electron chi connectivity index (χ0n) is 13.6. The lowest BCUT2D eigenvalue weighted by atomic mass is 10.3. The van der Waals surface area contributed by atoms with Gasteiger partial charge < -0.3 is 10.3 Å². The molecular formula is C18H19N3OS2. The Kier molecular flexibility index (Phi) is 5.48. The summed E-state index contributed by atoms with van der Waals surface area (Å²) in [5, 5.41) is 3.05. The van der Waals surface area contributed by atoms with Crippen LogP contribution in [0.1, 0.15) is 18.0 Å². The Morgan fingerprint density at radius 1 is 1.21 bits per heavy atom. The summed E-state index contributed by atoms with van der Waals surface area (Å²) in [6.07, 6.45) is 2.03. The van der Waals surface area contributed by atoms with Gasteiger partial charge in [-0.05, 0) is 49.6 Å². The first-order chi connectivity index (χ1) is 11.7. The molecule has 0 aliphatic heterocycles. The molecule has 1 unspecified atom stereocenters. The molecule has 0 saturated carbocycles. The van der Waals surface area contributed by atoms with Crippen LogP contribution in [0.5, 0.6) is 0 Å². The molecule has 0 bridgehead atoms. The summed E-state index contributed by atoms with van der Waals surface area (Å²) in [5.74, 6) is 1.29. The highest BCUT2D eigenvalue weighted by atomic mass is 32.2. The summed E-state index contributed by atoms with van der Waals surface area (Å²) in [6.45, 7) is 2.06. The molecule has 1 aromatic heterocycles. The Labute approximate surface area is 149 Å². The molecule has 2 aromatic carbocycles. The normalized spacial score (nSPS) is 12.2. The Morgan fingerprint density at radius 2 is 1.96 bits per heavy atom. The van der Waals surface area contributed by atoms with Gasteiger partial charge in [0.1, 0.15) is 5.82 Å². The van der Waals surface area contributed by atoms with E-state index in [1.807, 2.05) is 54.8 Å². The highest BCUT2D eigenvalue weighted by molar-refractivity contribution is 8.00. The maximum atomic E-state index is 12.1. The van der Waals surface area contributed by atoms with Gasteiger partial charge in [-0.25, -0.2) is 4.98 Å². The number of carbonyl (C=O) groups is 1. The quantitative estimate of drug-likeness (QED) is 0.627. The van der Waals surface area contributed by atoms with E-state index in [1.165, 1.54) is 4.90 Å². The zero-order valence-corrected chi connectivity index (χ0v) is 15.2. The van der Waals surface area contributed by atoms with E-state index in [9.17, 15) is 4.79 Å². The van der Waals surface area contributed by atoms with E-state index in [2.05, 4.69) is 22.2 Å². The lowest BCUT2D eigenvalue weighted by molar-refractivity contribution is -0.113. The number of aromatic nitrogens is 2. The van der Waals surface area contributed by atoms with Crippen molar-refractivity contribution in [3.63, 3.8) is 0 Å². The van der Waals surface area contributed by atoms with E-state index in [4.69, 9.17) is 0 Å². The number of amides is 1. The molecule has 1 atom stereocenters. The largest absolute Gasteiger partial charge is 0.341 e. The summed E-state index contributed by atoms with van der Waals surface area (Å²) in [5.41, 5.74) is 2.81. The molecule has 124 valence electrons. The number of thioether (sulfide) groups is 2. The molecule has 0 spiro atoms. The summed E-state index contributed by atoms with van der Waals surface area (Å²) in [7, 11) is 0. The molecule has 0 radical (unpaired) electrons. The van der Waals surface area contributed by atoms with E-state index >= 15 is 0 Å². The Morgan fingerprint density at radius 3 is 2.67 bits per heavy atom. The van der Waals surface area contributed by atoms with Crippen molar-refractivity contribution in [1.29, 1.82) is 0 Å². The lowest BCUT2D eigenvalue weighted by Crippen LogP contribution is -2.14. The molecule has 3 aromatic rings. The number of H-pyrrole nitrogens is 1. The van der Waals surface area contributed by atoms with Crippen LogP contribution < -0.4 is 5.32 Å². The van der Waals surface area contributed by atoms with Crippen molar-refractivity contribution in [2.24, 2.45) is 0 Å². The van der Waals surface area contributed by atoms with Crippen LogP contribution in [0.3, 0.4) is 0 Å². The molecule has 0 aliphatic carbocycles. The van der Waals surface area contributed by atoms with E-state index in [1.54, 1.807) is 23.5 Å². The van der Waals surface area contributed by atoms with Crippen molar-refractivity contribution in [3.8, 4) is 0 Å². The van der Waals surface area contributed by atoms with Gasteiger partial charge in [0.25, 0.3) is 0 Å². The third kappa shape index (κ3) is 4.13. The van der Waals surface area contributed by atoms with Crippen molar-refractivity contribution >= 4 is 46.2 Å². The van der Waals surface area contributed by atoms with Crippen LogP contribution in [0.15, 0.2) is 53.4 Å². The lowest BCUT2D eigenvalue weighted by Gasteiger charge is -2.09. The number of hydrogen-bond acceptors (Lipinski definition) is 4. The number of benzene rings is 2. The topological polar surface area (TPSA) is 57.8 Å². The summed E-state index contributed by atoms with van der Waals surface area (Å²) in [6, 6.07) is 15.8. The third-order valence-electron chi connectivity index (χ3n) is 3.63. The number of hydrogen-bond donors (Lipinski definition) is 2. The summed E-state index contributed by atoms with van der Waals surface area (Å²) >= 11 is 3.25. The van der Waals surface area contributed by atoms with E-state index in [0.717, 1.165) is 22.5 Å². The maximum Gasteiger partial charge on any atom is 0.234 e. The van der Waals surface area contributed by atoms with Crippen LogP contribution in [-0.2, 0) is 4.79 Å². The molecule has 2 N–H and O–H groups in total. The average Bonchev–Trinajstić information content (AvgIpc) is 3.04. The Hall–Kier alpha value is -1.92. The standard InChI is InChI=1S/C18H19N3OS2/c1-12(18-20-15-5-3-4-6-16(15)21-18)24-11-17(22)19-13-7-9-14(23-2)10-8-13/h3-10,12H,11H2,1-2H3,(H,19,22)(H,20,21). The van der Waals surface area contributed by atoms with Gasteiger partial charge in [0.15, 0.2) is 0 Å². The van der Waals surface area contributed by atoms with Gasteiger partial charge in [-0.15, -0.1) is 23.5 Å². The van der Waals surface area contributed by atoms with Gasteiger partial charge in [0, 0.05) is 10.6 Å². The first-order valence-electron chi connectivity index (χ1n) is 7.66. The molecule has 3 rings (SSSR count). The number of anilines is 1. The van der Waals surface area contributed by atoms with Crippen LogP contribution in [0.4, 0.5) is 5.69 Å². The second-order valence-corrected chi connectivity index (χ2v) is 7.58. The fourth-order valence-corrected chi connectivity index (χ4v) is 3.47. The van der Waals surface area contributed by atoms with Crippen LogP contribution in [0.2, 0.25) is 0 Å². The van der Waals surface area contributed by atoms with Crippen LogP contribution >= 0.6 is 23.5 Å². The van der Waals surface area contributed by atoms with Gasteiger partial charge in [0.05, 0.1) is 22.0 Å². The molecular weight excluding hydrogens is 338 g/mol. The Bertz CT molecular complexity index is 797. The van der Waals surface area contributed by atoms with Gasteiger partial charge in [0.2, 0.25) is 5.91 Å². The van der Waals surface area contributed by atoms with Gasteiger partial charge in [-0.1, -0.05) is 12.1 Å². The molecule has 6 heteroatoms. The minimum Gasteiger partial charge on any atom is -0.341 e. The number of nitrogens with zero attached hydrogens (tertiary/aromatic N) is 1. The number of aromatic amines is 1. The van der Waals surface area contributed by atoms with Crippen molar-refractivity contribution in [2.45, 2.75) is 17.1 Å². The molecule has 1 heterocycles. The number of rotatable bonds is 6. The van der Waals surface area contributed by atoms with Crippen LogP contribution in [0.25, 0.3) is 11.0 Å². The summed E-state index contributed by atoms with van der Waals surface area (Å²) < 4.78 is 0. The smallest absolute Gasteiger partial charge is 0.234 e. The number of para-hydroxylation sites is 2. The molecule has 1 amide bonds. The molecule has 0 aliphatic rings. The fraction of sp³-hybridized carbons (Fsp3) is 0.222. The highest BCUT2D eigenvalue weighted by Crippen LogP contribution is 2.27. The van der Waals surface area contributed by atoms with Crippen molar-refractivity contribution in [1.82, 2.24) is 9.97 Å². The molecule has 24 heavy (non-hydrogen) atoms. The van der Waals surface area contributed by atoms with Gasteiger partial charge >= 0.3 is 0 Å². The zero-order chi connectivity index (χ0) is 16.9. The summed E-state index contributed by atoms with van der Waals surface area (Å²) in [4.78, 5) is 21.2. The number of fused-ring (bicyclic) bond motifs is 1. The predicted octanol–water partition coefficient (Wildman–Crippen LogP) is 4.72. The monoisotopic (exact) mass is 357 g/mol. The predicted molar refractivity (Wildman–Crippen MR) is 104 cm³/mol. The van der Waals surface area contributed by atoms with E-state index in [-0.39, 0.29) is 11.2 Å². The number of carbonyl (C=O) groups excluding carboxylic acids is 1. The van der Waals surface area contributed by atoms with Crippen LogP contribution in [-0.4, -0.2) is 27.9 Å². The minimum atomic E-state index is -0.000127. The van der Waals surface area contributed by atoms with Crippen LogP contribution in [0, 0.1) is 0 Å². The first-order valence-corrected chi connectivity index (χ1v) is 9.93. The molecule has 0 fully saturated rings. The average molecular weight is 358 g/mol. The second kappa shape index (κ2) is 7.77. The van der Waals surface area contributed by atoms with Crippen molar-refractivity contribution < 1.29 is 4.79 Å². The fourth-order valence-electron chi connectivity index (χ4n) is 2.32. The number of nitrogens with one attached hydrogen (secondary N) is 2. The minimum absolute atomic E-state index is 0.000127. The first kappa shape index (κ1) is 16.9. The number of imidazole rings is 1. The van der Waals surface area contributed by atoms with E-state index < -0.39 is 0 Å². The second-order valence-electron chi connectivity index (χ2n) is 5.37. The highest BCUT2D eigenvalue weighted by Gasteiger charge is 2.13.